The number of halogens is 2. The van der Waals surface area contributed by atoms with Crippen molar-refractivity contribution in [2.45, 2.75) is 6.42 Å². The fourth-order valence-corrected chi connectivity index (χ4v) is 2.22. The predicted molar refractivity (Wildman–Crippen MR) is 75.9 cm³/mol. The van der Waals surface area contributed by atoms with E-state index in [9.17, 15) is 9.18 Å². The molecule has 1 amide bonds. The maximum Gasteiger partial charge on any atom is 0.238 e. The molecule has 19 heavy (non-hydrogen) atoms. The average Bonchev–Trinajstić information content (AvgIpc) is 2.76. The number of carbonyl (C=O) groups excluding carboxylic acids is 1. The smallest absolute Gasteiger partial charge is 0.238 e. The molecule has 0 radical (unpaired) electrons. The fraction of sp³-hybridized carbons (Fsp3) is 0.462. The minimum absolute atomic E-state index is 0. The molecule has 1 saturated heterocycles. The van der Waals surface area contributed by atoms with E-state index in [1.165, 1.54) is 12.1 Å². The van der Waals surface area contributed by atoms with Gasteiger partial charge in [-0.1, -0.05) is 6.07 Å². The van der Waals surface area contributed by atoms with Crippen molar-refractivity contribution in [2.24, 2.45) is 11.7 Å². The number of likely N-dealkylation sites (tertiary alicyclic amines) is 1. The third-order valence-electron chi connectivity index (χ3n) is 3.18. The van der Waals surface area contributed by atoms with Gasteiger partial charge in [-0.3, -0.25) is 9.69 Å². The number of nitrogens with two attached hydrogens (primary N) is 1. The summed E-state index contributed by atoms with van der Waals surface area (Å²) in [5, 5.41) is 2.69. The van der Waals surface area contributed by atoms with Gasteiger partial charge in [-0.05, 0) is 43.6 Å². The lowest BCUT2D eigenvalue weighted by Crippen LogP contribution is -2.32. The molecule has 1 fully saturated rings. The van der Waals surface area contributed by atoms with Gasteiger partial charge in [0.05, 0.1) is 6.54 Å². The molecular formula is C13H19ClFN3O. The lowest BCUT2D eigenvalue weighted by atomic mass is 10.1. The van der Waals surface area contributed by atoms with E-state index in [1.807, 2.05) is 0 Å². The van der Waals surface area contributed by atoms with E-state index in [0.29, 0.717) is 24.7 Å². The van der Waals surface area contributed by atoms with Crippen LogP contribution < -0.4 is 11.1 Å². The summed E-state index contributed by atoms with van der Waals surface area (Å²) in [5.74, 6) is 0.0300. The molecule has 0 spiro atoms. The molecule has 3 N–H and O–H groups in total. The van der Waals surface area contributed by atoms with Gasteiger partial charge in [-0.2, -0.15) is 0 Å². The van der Waals surface area contributed by atoms with Gasteiger partial charge in [0.1, 0.15) is 5.82 Å². The van der Waals surface area contributed by atoms with Gasteiger partial charge in [-0.25, -0.2) is 4.39 Å². The summed E-state index contributed by atoms with van der Waals surface area (Å²) in [6, 6.07) is 5.91. The van der Waals surface area contributed by atoms with Crippen molar-refractivity contribution in [1.29, 1.82) is 0 Å². The van der Waals surface area contributed by atoms with Crippen LogP contribution in [0, 0.1) is 11.7 Å². The number of hydrogen-bond donors (Lipinski definition) is 2. The Morgan fingerprint density at radius 2 is 2.32 bits per heavy atom. The van der Waals surface area contributed by atoms with Crippen LogP contribution in [0.4, 0.5) is 10.1 Å². The van der Waals surface area contributed by atoms with E-state index in [-0.39, 0.29) is 24.1 Å². The van der Waals surface area contributed by atoms with Gasteiger partial charge in [0.15, 0.2) is 0 Å². The van der Waals surface area contributed by atoms with Crippen molar-refractivity contribution in [3.8, 4) is 0 Å². The standard InChI is InChI=1S/C13H18FN3O.ClH/c14-11-2-1-3-12(6-11)16-13(18)9-17-5-4-10(7-15)8-17;/h1-3,6,10H,4-5,7-9,15H2,(H,16,18);1H. The van der Waals surface area contributed by atoms with Gasteiger partial charge >= 0.3 is 0 Å². The Labute approximate surface area is 118 Å². The first-order valence-electron chi connectivity index (χ1n) is 6.15. The van der Waals surface area contributed by atoms with Crippen LogP contribution in [0.3, 0.4) is 0 Å². The van der Waals surface area contributed by atoms with Crippen molar-refractivity contribution in [3.63, 3.8) is 0 Å². The summed E-state index contributed by atoms with van der Waals surface area (Å²) >= 11 is 0. The normalized spacial score (nSPS) is 18.9. The van der Waals surface area contributed by atoms with E-state index in [2.05, 4.69) is 10.2 Å². The van der Waals surface area contributed by atoms with Gasteiger partial charge < -0.3 is 11.1 Å². The third-order valence-corrected chi connectivity index (χ3v) is 3.18. The number of anilines is 1. The molecule has 6 heteroatoms. The molecule has 0 aromatic heterocycles. The van der Waals surface area contributed by atoms with Crippen molar-refractivity contribution >= 4 is 24.0 Å². The second kappa shape index (κ2) is 7.43. The highest BCUT2D eigenvalue weighted by molar-refractivity contribution is 5.92. The molecule has 2 rings (SSSR count). The third kappa shape index (κ3) is 4.78. The average molecular weight is 288 g/mol. The van der Waals surface area contributed by atoms with Gasteiger partial charge in [0.2, 0.25) is 5.91 Å². The maximum atomic E-state index is 12.9. The number of amides is 1. The molecule has 1 aromatic rings. The molecular weight excluding hydrogens is 269 g/mol. The molecule has 0 bridgehead atoms. The minimum atomic E-state index is -0.350. The molecule has 1 aliphatic heterocycles. The van der Waals surface area contributed by atoms with E-state index in [4.69, 9.17) is 5.73 Å². The van der Waals surface area contributed by atoms with Crippen molar-refractivity contribution in [1.82, 2.24) is 4.90 Å². The summed E-state index contributed by atoms with van der Waals surface area (Å²) in [7, 11) is 0. The number of benzene rings is 1. The van der Waals surface area contributed by atoms with Crippen LogP contribution in [0.5, 0.6) is 0 Å². The zero-order valence-corrected chi connectivity index (χ0v) is 11.5. The lowest BCUT2D eigenvalue weighted by molar-refractivity contribution is -0.117. The fourth-order valence-electron chi connectivity index (χ4n) is 2.22. The molecule has 0 aliphatic carbocycles. The van der Waals surface area contributed by atoms with Gasteiger partial charge in [-0.15, -0.1) is 12.4 Å². The van der Waals surface area contributed by atoms with E-state index >= 15 is 0 Å². The number of hydrogen-bond acceptors (Lipinski definition) is 3. The van der Waals surface area contributed by atoms with E-state index in [1.54, 1.807) is 12.1 Å². The highest BCUT2D eigenvalue weighted by atomic mass is 35.5. The van der Waals surface area contributed by atoms with Crippen LogP contribution in [-0.2, 0) is 4.79 Å². The monoisotopic (exact) mass is 287 g/mol. The number of nitrogens with zero attached hydrogens (tertiary/aromatic N) is 1. The molecule has 0 saturated carbocycles. The Kier molecular flexibility index (Phi) is 6.21. The highest BCUT2D eigenvalue weighted by Gasteiger charge is 2.22. The van der Waals surface area contributed by atoms with E-state index in [0.717, 1.165) is 19.5 Å². The molecule has 1 heterocycles. The zero-order valence-electron chi connectivity index (χ0n) is 10.6. The van der Waals surface area contributed by atoms with Crippen LogP contribution in [-0.4, -0.2) is 37.0 Å². The SMILES string of the molecule is Cl.NCC1CCN(CC(=O)Nc2cccc(F)c2)C1. The Balaban J connectivity index is 0.00000180. The number of nitrogens with one attached hydrogen (secondary N) is 1. The molecule has 1 aliphatic rings. The topological polar surface area (TPSA) is 58.4 Å². The van der Waals surface area contributed by atoms with Crippen molar-refractivity contribution < 1.29 is 9.18 Å². The first kappa shape index (κ1) is 15.9. The second-order valence-electron chi connectivity index (χ2n) is 4.68. The largest absolute Gasteiger partial charge is 0.330 e. The summed E-state index contributed by atoms with van der Waals surface area (Å²) in [5.41, 5.74) is 6.09. The Bertz CT molecular complexity index is 430. The van der Waals surface area contributed by atoms with Crippen LogP contribution in [0.15, 0.2) is 24.3 Å². The summed E-state index contributed by atoms with van der Waals surface area (Å²) in [4.78, 5) is 13.8. The Hall–Kier alpha value is -1.17. The van der Waals surface area contributed by atoms with Crippen LogP contribution in [0.25, 0.3) is 0 Å². The number of carbonyl (C=O) groups is 1. The second-order valence-corrected chi connectivity index (χ2v) is 4.68. The van der Waals surface area contributed by atoms with Crippen LogP contribution >= 0.6 is 12.4 Å². The van der Waals surface area contributed by atoms with Gasteiger partial charge in [0, 0.05) is 12.2 Å². The van der Waals surface area contributed by atoms with Crippen molar-refractivity contribution in [2.75, 3.05) is 31.5 Å². The van der Waals surface area contributed by atoms with Crippen LogP contribution in [0.2, 0.25) is 0 Å². The Morgan fingerprint density at radius 3 is 2.95 bits per heavy atom. The summed E-state index contributed by atoms with van der Waals surface area (Å²) < 4.78 is 12.9. The molecule has 1 unspecified atom stereocenters. The lowest BCUT2D eigenvalue weighted by Gasteiger charge is -2.15. The number of rotatable bonds is 4. The molecule has 1 atom stereocenters. The quantitative estimate of drug-likeness (QED) is 0.882. The first-order valence-corrected chi connectivity index (χ1v) is 6.15. The van der Waals surface area contributed by atoms with Crippen LogP contribution in [0.1, 0.15) is 6.42 Å². The van der Waals surface area contributed by atoms with E-state index < -0.39 is 0 Å². The maximum absolute atomic E-state index is 12.9. The molecule has 106 valence electrons. The molecule has 1 aromatic carbocycles. The van der Waals surface area contributed by atoms with Crippen molar-refractivity contribution in [3.05, 3.63) is 30.1 Å². The summed E-state index contributed by atoms with van der Waals surface area (Å²) in [6.45, 7) is 2.78. The highest BCUT2D eigenvalue weighted by Crippen LogP contribution is 2.15. The van der Waals surface area contributed by atoms with Gasteiger partial charge in [0.25, 0.3) is 0 Å². The zero-order chi connectivity index (χ0) is 13.0. The first-order chi connectivity index (χ1) is 8.67. The molecule has 4 nitrogen and oxygen atoms in total. The Morgan fingerprint density at radius 1 is 1.53 bits per heavy atom. The summed E-state index contributed by atoms with van der Waals surface area (Å²) in [6.07, 6.45) is 1.05. The minimum Gasteiger partial charge on any atom is -0.330 e. The predicted octanol–water partition coefficient (Wildman–Crippen LogP) is 1.47.